The summed E-state index contributed by atoms with van der Waals surface area (Å²) in [5.41, 5.74) is -2.80. The molecule has 0 aliphatic carbocycles. The fourth-order valence-electron chi connectivity index (χ4n) is 5.40. The largest absolute Gasteiger partial charge is 0.497 e. The lowest BCUT2D eigenvalue weighted by Gasteiger charge is -2.43. The van der Waals surface area contributed by atoms with Crippen molar-refractivity contribution in [1.82, 2.24) is 14.7 Å². The van der Waals surface area contributed by atoms with Gasteiger partial charge in [-0.25, -0.2) is 0 Å². The third-order valence-corrected chi connectivity index (χ3v) is 7.60. The Balaban J connectivity index is 0.00000337. The number of rotatable bonds is 9. The SMILES string of the molecule is COC[C@@H]1CN(CCN2CCN(C(=O)c3cc(C(F)(F)F)cc(C(F)(F)F)c3)[C@H](Cc3ccc(OC)cc3)C2)CCO1.Cl.Cl. The predicted molar refractivity (Wildman–Crippen MR) is 157 cm³/mol. The number of amides is 1. The van der Waals surface area contributed by atoms with Gasteiger partial charge in [-0.3, -0.25) is 14.6 Å². The molecule has 2 saturated heterocycles. The molecule has 2 aliphatic rings. The van der Waals surface area contributed by atoms with E-state index in [2.05, 4.69) is 9.80 Å². The van der Waals surface area contributed by atoms with Crippen LogP contribution in [0.3, 0.4) is 0 Å². The number of carbonyl (C=O) groups is 1. The Kier molecular flexibility index (Phi) is 14.1. The summed E-state index contributed by atoms with van der Waals surface area (Å²) in [6, 6.07) is 7.75. The number of piperazine rings is 1. The van der Waals surface area contributed by atoms with Crippen LogP contribution in [-0.4, -0.2) is 106 Å². The minimum atomic E-state index is -5.04. The molecule has 0 aromatic heterocycles. The summed E-state index contributed by atoms with van der Waals surface area (Å²) in [5, 5.41) is 0. The standard InChI is InChI=1S/C29H35F6N3O4.2ClH/c1-40-19-26-18-37(11-12-42-26)8-7-36-9-10-38(24(17-36)13-20-3-5-25(41-2)6-4-20)27(39)21-14-22(28(30,31)32)16-23(15-21)29(33,34)35;;/h3-6,14-16,24,26H,7-13,17-19H2,1-2H3;2*1H/t24-,26+;;/m1../s1. The Morgan fingerprint density at radius 1 is 0.864 bits per heavy atom. The Bertz CT molecular complexity index is 1170. The van der Waals surface area contributed by atoms with Gasteiger partial charge in [0, 0.05) is 64.5 Å². The van der Waals surface area contributed by atoms with Crippen LogP contribution in [-0.2, 0) is 28.2 Å². The van der Waals surface area contributed by atoms with E-state index < -0.39 is 41.0 Å². The minimum Gasteiger partial charge on any atom is -0.497 e. The van der Waals surface area contributed by atoms with Crippen molar-refractivity contribution < 1.29 is 45.3 Å². The molecular weight excluding hydrogens is 639 g/mol. The molecule has 7 nitrogen and oxygen atoms in total. The second-order valence-electron chi connectivity index (χ2n) is 10.5. The van der Waals surface area contributed by atoms with Crippen LogP contribution >= 0.6 is 24.8 Å². The van der Waals surface area contributed by atoms with E-state index in [9.17, 15) is 31.1 Å². The van der Waals surface area contributed by atoms with Gasteiger partial charge in [0.1, 0.15) is 5.75 Å². The quantitative estimate of drug-likeness (QED) is 0.337. The van der Waals surface area contributed by atoms with E-state index in [0.29, 0.717) is 57.2 Å². The third kappa shape index (κ3) is 10.1. The van der Waals surface area contributed by atoms with Crippen molar-refractivity contribution in [2.24, 2.45) is 0 Å². The summed E-state index contributed by atoms with van der Waals surface area (Å²) in [6.45, 7) is 5.00. The van der Waals surface area contributed by atoms with Crippen molar-refractivity contribution in [2.45, 2.75) is 30.9 Å². The second kappa shape index (κ2) is 16.3. The Hall–Kier alpha value is -2.29. The molecule has 0 unspecified atom stereocenters. The zero-order valence-electron chi connectivity index (χ0n) is 24.3. The molecule has 248 valence electrons. The number of alkyl halides is 6. The average molecular weight is 677 g/mol. The molecule has 2 aromatic carbocycles. The molecular formula is C29H37Cl2F6N3O4. The number of hydrogen-bond donors (Lipinski definition) is 0. The molecule has 0 saturated carbocycles. The van der Waals surface area contributed by atoms with Crippen LogP contribution in [0.15, 0.2) is 42.5 Å². The van der Waals surface area contributed by atoms with Crippen LogP contribution in [0.1, 0.15) is 27.0 Å². The highest BCUT2D eigenvalue weighted by atomic mass is 35.5. The summed E-state index contributed by atoms with van der Waals surface area (Å²) < 4.78 is 97.1. The van der Waals surface area contributed by atoms with E-state index in [-0.39, 0.29) is 43.5 Å². The number of methoxy groups -OCH3 is 2. The lowest BCUT2D eigenvalue weighted by atomic mass is 9.99. The lowest BCUT2D eigenvalue weighted by molar-refractivity contribution is -0.143. The maximum Gasteiger partial charge on any atom is 0.416 e. The van der Waals surface area contributed by atoms with Crippen LogP contribution in [0.2, 0.25) is 0 Å². The molecule has 15 heteroatoms. The van der Waals surface area contributed by atoms with Crippen LogP contribution in [0.4, 0.5) is 26.3 Å². The molecule has 0 bridgehead atoms. The Morgan fingerprint density at radius 3 is 2.00 bits per heavy atom. The molecule has 0 N–H and O–H groups in total. The minimum absolute atomic E-state index is 0. The predicted octanol–water partition coefficient (Wildman–Crippen LogP) is 5.29. The summed E-state index contributed by atoms with van der Waals surface area (Å²) >= 11 is 0. The number of halogens is 8. The number of carbonyl (C=O) groups excluding carboxylic acids is 1. The van der Waals surface area contributed by atoms with Gasteiger partial charge in [-0.1, -0.05) is 12.1 Å². The molecule has 2 aliphatic heterocycles. The first kappa shape index (κ1) is 37.9. The first-order chi connectivity index (χ1) is 19.9. The van der Waals surface area contributed by atoms with Crippen molar-refractivity contribution in [3.63, 3.8) is 0 Å². The summed E-state index contributed by atoms with van der Waals surface area (Å²) in [5.74, 6) is -0.224. The third-order valence-electron chi connectivity index (χ3n) is 7.60. The number of ether oxygens (including phenoxy) is 3. The van der Waals surface area contributed by atoms with Crippen LogP contribution < -0.4 is 4.74 Å². The zero-order chi connectivity index (χ0) is 30.5. The van der Waals surface area contributed by atoms with Crippen molar-refractivity contribution in [1.29, 1.82) is 0 Å². The second-order valence-corrected chi connectivity index (χ2v) is 10.5. The van der Waals surface area contributed by atoms with Gasteiger partial charge in [-0.2, -0.15) is 26.3 Å². The molecule has 1 amide bonds. The summed E-state index contributed by atoms with van der Waals surface area (Å²) in [6.07, 6.45) is -9.74. The van der Waals surface area contributed by atoms with Crippen molar-refractivity contribution in [3.05, 3.63) is 64.7 Å². The van der Waals surface area contributed by atoms with Gasteiger partial charge in [0.05, 0.1) is 37.6 Å². The average Bonchev–Trinajstić information content (AvgIpc) is 2.95. The maximum atomic E-state index is 13.6. The molecule has 4 rings (SSSR count). The first-order valence-electron chi connectivity index (χ1n) is 13.7. The van der Waals surface area contributed by atoms with E-state index >= 15 is 0 Å². The van der Waals surface area contributed by atoms with Gasteiger partial charge >= 0.3 is 12.4 Å². The van der Waals surface area contributed by atoms with E-state index in [1.165, 1.54) is 12.0 Å². The van der Waals surface area contributed by atoms with Gasteiger partial charge < -0.3 is 19.1 Å². The lowest BCUT2D eigenvalue weighted by Crippen LogP contribution is -2.57. The van der Waals surface area contributed by atoms with Gasteiger partial charge in [0.2, 0.25) is 0 Å². The van der Waals surface area contributed by atoms with E-state index in [1.54, 1.807) is 19.2 Å². The Morgan fingerprint density at radius 2 is 1.45 bits per heavy atom. The number of hydrogen-bond acceptors (Lipinski definition) is 6. The molecule has 2 aromatic rings. The van der Waals surface area contributed by atoms with E-state index in [0.717, 1.165) is 25.2 Å². The van der Waals surface area contributed by atoms with Crippen LogP contribution in [0, 0.1) is 0 Å². The molecule has 2 atom stereocenters. The number of nitrogens with zero attached hydrogens (tertiary/aromatic N) is 3. The van der Waals surface area contributed by atoms with Crippen molar-refractivity contribution in [3.8, 4) is 5.75 Å². The number of benzene rings is 2. The fraction of sp³-hybridized carbons (Fsp3) is 0.552. The van der Waals surface area contributed by atoms with Crippen molar-refractivity contribution >= 4 is 30.7 Å². The molecule has 2 heterocycles. The van der Waals surface area contributed by atoms with Crippen molar-refractivity contribution in [2.75, 3.05) is 73.2 Å². The molecule has 44 heavy (non-hydrogen) atoms. The Labute approximate surface area is 265 Å². The highest BCUT2D eigenvalue weighted by molar-refractivity contribution is 5.95. The van der Waals surface area contributed by atoms with E-state index in [1.807, 2.05) is 12.1 Å². The molecule has 0 radical (unpaired) electrons. The summed E-state index contributed by atoms with van der Waals surface area (Å²) in [7, 11) is 3.15. The zero-order valence-corrected chi connectivity index (χ0v) is 26.0. The van der Waals surface area contributed by atoms with Gasteiger partial charge in [-0.15, -0.1) is 24.8 Å². The van der Waals surface area contributed by atoms with Gasteiger partial charge in [0.15, 0.2) is 0 Å². The van der Waals surface area contributed by atoms with Crippen LogP contribution in [0.5, 0.6) is 5.75 Å². The molecule has 0 spiro atoms. The normalized spacial score (nSPS) is 20.0. The maximum absolute atomic E-state index is 13.6. The highest BCUT2D eigenvalue weighted by Gasteiger charge is 2.39. The monoisotopic (exact) mass is 675 g/mol. The number of morpholine rings is 1. The first-order valence-corrected chi connectivity index (χ1v) is 13.7. The fourth-order valence-corrected chi connectivity index (χ4v) is 5.40. The summed E-state index contributed by atoms with van der Waals surface area (Å²) in [4.78, 5) is 19.4. The van der Waals surface area contributed by atoms with E-state index in [4.69, 9.17) is 14.2 Å². The van der Waals surface area contributed by atoms with Crippen LogP contribution in [0.25, 0.3) is 0 Å². The smallest absolute Gasteiger partial charge is 0.416 e. The highest BCUT2D eigenvalue weighted by Crippen LogP contribution is 2.37. The topological polar surface area (TPSA) is 54.5 Å². The van der Waals surface area contributed by atoms with Gasteiger partial charge in [-0.05, 0) is 42.3 Å². The van der Waals surface area contributed by atoms with Gasteiger partial charge in [0.25, 0.3) is 5.91 Å². The molecule has 2 fully saturated rings.